The Morgan fingerprint density at radius 3 is 2.76 bits per heavy atom. The highest BCUT2D eigenvalue weighted by molar-refractivity contribution is 5.40. The Labute approximate surface area is 120 Å². The number of ether oxygens (including phenoxy) is 1. The topological polar surface area (TPSA) is 56.2 Å². The fraction of sp³-hybridized carbons (Fsp3) is 0.692. The van der Waals surface area contributed by atoms with Crippen LogP contribution in [0.2, 0.25) is 0 Å². The molecule has 21 heavy (non-hydrogen) atoms. The van der Waals surface area contributed by atoms with E-state index in [1.807, 2.05) is 0 Å². The second-order valence-corrected chi connectivity index (χ2v) is 5.10. The normalized spacial score (nSPS) is 15.8. The molecule has 1 heterocycles. The number of halogens is 3. The third-order valence-electron chi connectivity index (χ3n) is 3.27. The van der Waals surface area contributed by atoms with E-state index in [1.54, 1.807) is 6.20 Å². The lowest BCUT2D eigenvalue weighted by Crippen LogP contribution is -2.29. The Hall–Kier alpha value is -1.57. The molecule has 2 rings (SSSR count). The molecule has 1 saturated carbocycles. The third-order valence-corrected chi connectivity index (χ3v) is 3.27. The molecule has 0 unspecified atom stereocenters. The number of rotatable bonds is 7. The van der Waals surface area contributed by atoms with Gasteiger partial charge in [0.25, 0.3) is 5.56 Å². The lowest BCUT2D eigenvalue weighted by molar-refractivity contribution is -0.174. The van der Waals surface area contributed by atoms with Crippen LogP contribution in [-0.4, -0.2) is 35.2 Å². The van der Waals surface area contributed by atoms with Crippen LogP contribution in [0, 0.1) is 0 Å². The van der Waals surface area contributed by atoms with Gasteiger partial charge in [0.2, 0.25) is 0 Å². The van der Waals surface area contributed by atoms with E-state index in [9.17, 15) is 18.0 Å². The predicted molar refractivity (Wildman–Crippen MR) is 71.2 cm³/mol. The summed E-state index contributed by atoms with van der Waals surface area (Å²) in [4.78, 5) is 11.8. The predicted octanol–water partition coefficient (Wildman–Crippen LogP) is 2.18. The van der Waals surface area contributed by atoms with E-state index in [4.69, 9.17) is 0 Å². The van der Waals surface area contributed by atoms with E-state index in [-0.39, 0.29) is 18.7 Å². The number of nitrogens with zero attached hydrogens (tertiary/aromatic N) is 2. The van der Waals surface area contributed by atoms with Gasteiger partial charge in [0.05, 0.1) is 11.9 Å². The summed E-state index contributed by atoms with van der Waals surface area (Å²) in [7, 11) is 0. The Bertz CT molecular complexity index is 512. The summed E-state index contributed by atoms with van der Waals surface area (Å²) in [6, 6.07) is 1.87. The Kier molecular flexibility index (Phi) is 5.22. The molecule has 5 nitrogen and oxygen atoms in total. The van der Waals surface area contributed by atoms with Crippen LogP contribution in [0.4, 0.5) is 18.9 Å². The van der Waals surface area contributed by atoms with Crippen molar-refractivity contribution in [2.45, 2.75) is 44.4 Å². The zero-order valence-corrected chi connectivity index (χ0v) is 11.5. The van der Waals surface area contributed by atoms with E-state index in [2.05, 4.69) is 15.2 Å². The molecule has 1 aliphatic rings. The molecular weight excluding hydrogens is 287 g/mol. The minimum absolute atomic E-state index is 0.0598. The fourth-order valence-corrected chi connectivity index (χ4v) is 1.97. The lowest BCUT2D eigenvalue weighted by Gasteiger charge is -2.27. The van der Waals surface area contributed by atoms with E-state index >= 15 is 0 Å². The third kappa shape index (κ3) is 5.37. The molecule has 0 atom stereocenters. The SMILES string of the molecule is O=c1cc(NC2CCC2)cnn1CCCOCC(F)(F)F. The summed E-state index contributed by atoms with van der Waals surface area (Å²) in [5.74, 6) is 0. The molecule has 0 spiro atoms. The average Bonchev–Trinajstić information content (AvgIpc) is 2.34. The molecule has 0 amide bonds. The molecule has 0 aromatic carbocycles. The van der Waals surface area contributed by atoms with Crippen molar-refractivity contribution in [1.29, 1.82) is 0 Å². The van der Waals surface area contributed by atoms with E-state index in [0.29, 0.717) is 18.2 Å². The maximum absolute atomic E-state index is 11.9. The molecule has 1 aromatic rings. The van der Waals surface area contributed by atoms with Gasteiger partial charge in [-0.2, -0.15) is 18.3 Å². The first-order valence-electron chi connectivity index (χ1n) is 6.92. The maximum atomic E-state index is 11.9. The van der Waals surface area contributed by atoms with Crippen molar-refractivity contribution in [3.63, 3.8) is 0 Å². The second-order valence-electron chi connectivity index (χ2n) is 5.10. The van der Waals surface area contributed by atoms with Crippen LogP contribution in [0.15, 0.2) is 17.1 Å². The van der Waals surface area contributed by atoms with Crippen LogP contribution in [0.1, 0.15) is 25.7 Å². The van der Waals surface area contributed by atoms with Gasteiger partial charge in [-0.1, -0.05) is 0 Å². The Morgan fingerprint density at radius 2 is 2.19 bits per heavy atom. The molecule has 0 aliphatic heterocycles. The highest BCUT2D eigenvalue weighted by Crippen LogP contribution is 2.22. The van der Waals surface area contributed by atoms with Gasteiger partial charge in [-0.3, -0.25) is 4.79 Å². The molecule has 118 valence electrons. The summed E-state index contributed by atoms with van der Waals surface area (Å²) >= 11 is 0. The van der Waals surface area contributed by atoms with E-state index in [0.717, 1.165) is 12.8 Å². The first-order chi connectivity index (χ1) is 9.94. The molecule has 1 aromatic heterocycles. The zero-order chi connectivity index (χ0) is 15.3. The van der Waals surface area contributed by atoms with Crippen LogP contribution >= 0.6 is 0 Å². The largest absolute Gasteiger partial charge is 0.411 e. The van der Waals surface area contributed by atoms with Gasteiger partial charge in [-0.05, 0) is 25.7 Å². The first-order valence-corrected chi connectivity index (χ1v) is 6.92. The van der Waals surface area contributed by atoms with Crippen molar-refractivity contribution in [1.82, 2.24) is 9.78 Å². The summed E-state index contributed by atoms with van der Waals surface area (Å²) in [6.07, 6.45) is 0.942. The fourth-order valence-electron chi connectivity index (χ4n) is 1.97. The number of aryl methyl sites for hydroxylation is 1. The molecule has 0 radical (unpaired) electrons. The summed E-state index contributed by atoms with van der Waals surface area (Å²) in [6.45, 7) is -1.09. The monoisotopic (exact) mass is 305 g/mol. The van der Waals surface area contributed by atoms with Gasteiger partial charge in [0.1, 0.15) is 6.61 Å². The number of hydrogen-bond donors (Lipinski definition) is 1. The van der Waals surface area contributed by atoms with Gasteiger partial charge in [0, 0.05) is 25.3 Å². The summed E-state index contributed by atoms with van der Waals surface area (Å²) in [5.41, 5.74) is 0.421. The highest BCUT2D eigenvalue weighted by Gasteiger charge is 2.27. The van der Waals surface area contributed by atoms with Crippen molar-refractivity contribution in [3.8, 4) is 0 Å². The quantitative estimate of drug-likeness (QED) is 0.785. The van der Waals surface area contributed by atoms with Crippen LogP contribution in [0.5, 0.6) is 0 Å². The van der Waals surface area contributed by atoms with Crippen molar-refractivity contribution in [2.24, 2.45) is 0 Å². The van der Waals surface area contributed by atoms with E-state index in [1.165, 1.54) is 17.2 Å². The molecule has 1 fully saturated rings. The van der Waals surface area contributed by atoms with Gasteiger partial charge in [-0.25, -0.2) is 4.68 Å². The molecule has 8 heteroatoms. The Balaban J connectivity index is 1.74. The minimum atomic E-state index is -4.32. The van der Waals surface area contributed by atoms with Gasteiger partial charge in [-0.15, -0.1) is 0 Å². The second kappa shape index (κ2) is 6.93. The van der Waals surface area contributed by atoms with Crippen molar-refractivity contribution >= 4 is 5.69 Å². The maximum Gasteiger partial charge on any atom is 0.411 e. The molecule has 1 N–H and O–H groups in total. The molecule has 0 bridgehead atoms. The van der Waals surface area contributed by atoms with Crippen LogP contribution in [0.25, 0.3) is 0 Å². The number of anilines is 1. The minimum Gasteiger partial charge on any atom is -0.381 e. The van der Waals surface area contributed by atoms with Crippen molar-refractivity contribution in [2.75, 3.05) is 18.5 Å². The smallest absolute Gasteiger partial charge is 0.381 e. The molecule has 0 saturated heterocycles. The summed E-state index contributed by atoms with van der Waals surface area (Å²) in [5, 5.41) is 7.21. The van der Waals surface area contributed by atoms with Crippen LogP contribution < -0.4 is 10.9 Å². The van der Waals surface area contributed by atoms with Crippen molar-refractivity contribution in [3.05, 3.63) is 22.6 Å². The highest BCUT2D eigenvalue weighted by atomic mass is 19.4. The standard InChI is InChI=1S/C13H18F3N3O2/c14-13(15,16)9-21-6-2-5-19-12(20)7-11(8-17-19)18-10-3-1-4-10/h7-8,10,18H,1-6,9H2. The van der Waals surface area contributed by atoms with Gasteiger partial charge < -0.3 is 10.1 Å². The van der Waals surface area contributed by atoms with Crippen molar-refractivity contribution < 1.29 is 17.9 Å². The molecular formula is C13H18F3N3O2. The first kappa shape index (κ1) is 15.8. The molecule has 1 aliphatic carbocycles. The number of aromatic nitrogens is 2. The average molecular weight is 305 g/mol. The number of nitrogens with one attached hydrogen (secondary N) is 1. The Morgan fingerprint density at radius 1 is 1.43 bits per heavy atom. The zero-order valence-electron chi connectivity index (χ0n) is 11.5. The van der Waals surface area contributed by atoms with Gasteiger partial charge >= 0.3 is 6.18 Å². The van der Waals surface area contributed by atoms with E-state index < -0.39 is 12.8 Å². The number of alkyl halides is 3. The van der Waals surface area contributed by atoms with Crippen LogP contribution in [-0.2, 0) is 11.3 Å². The summed E-state index contributed by atoms with van der Waals surface area (Å²) < 4.78 is 41.3. The van der Waals surface area contributed by atoms with Gasteiger partial charge in [0.15, 0.2) is 0 Å². The van der Waals surface area contributed by atoms with Crippen LogP contribution in [0.3, 0.4) is 0 Å². The number of hydrogen-bond acceptors (Lipinski definition) is 4. The lowest BCUT2D eigenvalue weighted by atomic mass is 9.93.